The van der Waals surface area contributed by atoms with Crippen LogP contribution in [0, 0.1) is 5.92 Å². The normalized spacial score (nSPS) is 17.4. The predicted octanol–water partition coefficient (Wildman–Crippen LogP) is 2.46. The van der Waals surface area contributed by atoms with Crippen LogP contribution in [-0.4, -0.2) is 0 Å². The standard InChI is InChI=1S/C8H12O/c1-7(2)8-4-3-5-9-6-8/h3,5-7H,4H2,1-2H3. The lowest BCUT2D eigenvalue weighted by molar-refractivity contribution is 0.380. The largest absolute Gasteiger partial charge is 0.473 e. The summed E-state index contributed by atoms with van der Waals surface area (Å²) < 4.78 is 5.00. The van der Waals surface area contributed by atoms with Gasteiger partial charge in [0, 0.05) is 0 Å². The Bertz CT molecular complexity index is 143. The summed E-state index contributed by atoms with van der Waals surface area (Å²) >= 11 is 0. The predicted molar refractivity (Wildman–Crippen MR) is 37.8 cm³/mol. The van der Waals surface area contributed by atoms with Crippen molar-refractivity contribution in [2.75, 3.05) is 0 Å². The molecule has 0 amide bonds. The monoisotopic (exact) mass is 124 g/mol. The van der Waals surface area contributed by atoms with Gasteiger partial charge >= 0.3 is 0 Å². The minimum atomic E-state index is 0.620. The zero-order valence-electron chi connectivity index (χ0n) is 5.92. The van der Waals surface area contributed by atoms with Crippen LogP contribution in [0.1, 0.15) is 20.3 Å². The maximum Gasteiger partial charge on any atom is 0.0898 e. The van der Waals surface area contributed by atoms with Crippen LogP contribution in [0.25, 0.3) is 0 Å². The SMILES string of the molecule is CC(C)C1=COC=CC1. The van der Waals surface area contributed by atoms with Crippen molar-refractivity contribution in [2.24, 2.45) is 5.92 Å². The maximum atomic E-state index is 5.00. The van der Waals surface area contributed by atoms with Gasteiger partial charge in [0.05, 0.1) is 12.5 Å². The molecule has 1 rings (SSSR count). The molecule has 0 aromatic rings. The molecular formula is C8H12O. The molecule has 9 heavy (non-hydrogen) atoms. The second kappa shape index (κ2) is 2.72. The van der Waals surface area contributed by atoms with Crippen molar-refractivity contribution in [2.45, 2.75) is 20.3 Å². The van der Waals surface area contributed by atoms with Crippen LogP contribution in [0.4, 0.5) is 0 Å². The van der Waals surface area contributed by atoms with E-state index in [0.29, 0.717) is 5.92 Å². The van der Waals surface area contributed by atoms with Crippen molar-refractivity contribution >= 4 is 0 Å². The lowest BCUT2D eigenvalue weighted by atomic mass is 10.0. The van der Waals surface area contributed by atoms with E-state index in [-0.39, 0.29) is 0 Å². The van der Waals surface area contributed by atoms with Crippen LogP contribution in [-0.2, 0) is 4.74 Å². The minimum Gasteiger partial charge on any atom is -0.473 e. The van der Waals surface area contributed by atoms with Gasteiger partial charge in [-0.3, -0.25) is 0 Å². The van der Waals surface area contributed by atoms with Gasteiger partial charge in [-0.2, -0.15) is 0 Å². The van der Waals surface area contributed by atoms with E-state index >= 15 is 0 Å². The highest BCUT2D eigenvalue weighted by Gasteiger charge is 2.03. The van der Waals surface area contributed by atoms with Crippen LogP contribution in [0.3, 0.4) is 0 Å². The third kappa shape index (κ3) is 1.60. The molecule has 1 heteroatoms. The third-order valence-electron chi connectivity index (χ3n) is 1.49. The van der Waals surface area contributed by atoms with Crippen molar-refractivity contribution in [3.8, 4) is 0 Å². The van der Waals surface area contributed by atoms with Gasteiger partial charge in [0.15, 0.2) is 0 Å². The quantitative estimate of drug-likeness (QED) is 0.521. The molecule has 0 spiro atoms. The van der Waals surface area contributed by atoms with Crippen LogP contribution in [0.2, 0.25) is 0 Å². The topological polar surface area (TPSA) is 9.23 Å². The molecule has 0 saturated carbocycles. The number of rotatable bonds is 1. The minimum absolute atomic E-state index is 0.620. The molecular weight excluding hydrogens is 112 g/mol. The van der Waals surface area contributed by atoms with Crippen LogP contribution in [0.15, 0.2) is 24.2 Å². The Labute approximate surface area is 56.0 Å². The van der Waals surface area contributed by atoms with Crippen LogP contribution in [0.5, 0.6) is 0 Å². The summed E-state index contributed by atoms with van der Waals surface area (Å²) in [5.74, 6) is 0.620. The lowest BCUT2D eigenvalue weighted by Crippen LogP contribution is -1.95. The fraction of sp³-hybridized carbons (Fsp3) is 0.500. The second-order valence-electron chi connectivity index (χ2n) is 2.56. The summed E-state index contributed by atoms with van der Waals surface area (Å²) in [7, 11) is 0. The first kappa shape index (κ1) is 6.40. The van der Waals surface area contributed by atoms with E-state index in [1.165, 1.54) is 5.57 Å². The number of hydrogen-bond donors (Lipinski definition) is 0. The van der Waals surface area contributed by atoms with Gasteiger partial charge in [0.1, 0.15) is 0 Å². The van der Waals surface area contributed by atoms with Crippen LogP contribution < -0.4 is 0 Å². The van der Waals surface area contributed by atoms with E-state index < -0.39 is 0 Å². The molecule has 0 fully saturated rings. The fourth-order valence-corrected chi connectivity index (χ4v) is 0.786. The van der Waals surface area contributed by atoms with Crippen molar-refractivity contribution < 1.29 is 4.74 Å². The Kier molecular flexibility index (Phi) is 1.93. The Balaban J connectivity index is 2.50. The summed E-state index contributed by atoms with van der Waals surface area (Å²) in [6.45, 7) is 4.35. The molecule has 1 aliphatic heterocycles. The molecule has 1 heterocycles. The van der Waals surface area contributed by atoms with E-state index in [4.69, 9.17) is 4.74 Å². The first-order chi connectivity index (χ1) is 4.30. The van der Waals surface area contributed by atoms with Crippen LogP contribution >= 0.6 is 0 Å². The van der Waals surface area contributed by atoms with Gasteiger partial charge in [-0.25, -0.2) is 0 Å². The fourth-order valence-electron chi connectivity index (χ4n) is 0.786. The van der Waals surface area contributed by atoms with Gasteiger partial charge in [0.2, 0.25) is 0 Å². The Morgan fingerprint density at radius 1 is 1.56 bits per heavy atom. The third-order valence-corrected chi connectivity index (χ3v) is 1.49. The summed E-state index contributed by atoms with van der Waals surface area (Å²) in [5, 5.41) is 0. The highest BCUT2D eigenvalue weighted by Crippen LogP contribution is 2.17. The van der Waals surface area contributed by atoms with Crippen molar-refractivity contribution in [3.05, 3.63) is 24.2 Å². The molecule has 0 aliphatic carbocycles. The van der Waals surface area contributed by atoms with Crippen molar-refractivity contribution in [1.29, 1.82) is 0 Å². The molecule has 0 aromatic heterocycles. The molecule has 0 saturated heterocycles. The maximum absolute atomic E-state index is 5.00. The summed E-state index contributed by atoms with van der Waals surface area (Å²) in [5.41, 5.74) is 1.37. The lowest BCUT2D eigenvalue weighted by Gasteiger charge is -2.10. The molecule has 1 aliphatic rings. The molecule has 50 valence electrons. The van der Waals surface area contributed by atoms with E-state index in [1.807, 2.05) is 12.3 Å². The van der Waals surface area contributed by atoms with Gasteiger partial charge in [0.25, 0.3) is 0 Å². The summed E-state index contributed by atoms with van der Waals surface area (Å²) in [6, 6.07) is 0. The molecule has 0 atom stereocenters. The number of ether oxygens (including phenoxy) is 1. The molecule has 0 bridgehead atoms. The Morgan fingerprint density at radius 2 is 2.33 bits per heavy atom. The van der Waals surface area contributed by atoms with Gasteiger partial charge in [-0.1, -0.05) is 13.8 Å². The molecule has 0 radical (unpaired) electrons. The summed E-state index contributed by atoms with van der Waals surface area (Å²) in [6.07, 6.45) is 6.66. The first-order valence-electron chi connectivity index (χ1n) is 3.30. The van der Waals surface area contributed by atoms with Gasteiger partial charge < -0.3 is 4.74 Å². The van der Waals surface area contributed by atoms with Gasteiger partial charge in [-0.15, -0.1) is 0 Å². The smallest absolute Gasteiger partial charge is 0.0898 e. The first-order valence-corrected chi connectivity index (χ1v) is 3.30. The zero-order valence-corrected chi connectivity index (χ0v) is 5.92. The van der Waals surface area contributed by atoms with E-state index in [9.17, 15) is 0 Å². The average Bonchev–Trinajstić information content (AvgIpc) is 1.90. The molecule has 0 aromatic carbocycles. The molecule has 0 N–H and O–H groups in total. The van der Waals surface area contributed by atoms with Gasteiger partial charge in [-0.05, 0) is 24.0 Å². The van der Waals surface area contributed by atoms with E-state index in [2.05, 4.69) is 13.8 Å². The molecule has 0 unspecified atom stereocenters. The van der Waals surface area contributed by atoms with E-state index in [0.717, 1.165) is 6.42 Å². The average molecular weight is 124 g/mol. The zero-order chi connectivity index (χ0) is 6.69. The number of hydrogen-bond acceptors (Lipinski definition) is 1. The Morgan fingerprint density at radius 3 is 2.67 bits per heavy atom. The van der Waals surface area contributed by atoms with E-state index in [1.54, 1.807) is 6.26 Å². The highest BCUT2D eigenvalue weighted by atomic mass is 16.5. The summed E-state index contributed by atoms with van der Waals surface area (Å²) in [4.78, 5) is 0. The van der Waals surface area contributed by atoms with Crippen molar-refractivity contribution in [3.63, 3.8) is 0 Å². The molecule has 1 nitrogen and oxygen atoms in total. The second-order valence-corrected chi connectivity index (χ2v) is 2.56. The highest BCUT2D eigenvalue weighted by molar-refractivity contribution is 5.09. The Hall–Kier alpha value is -0.720. The van der Waals surface area contributed by atoms with Crippen molar-refractivity contribution in [1.82, 2.24) is 0 Å². The number of allylic oxidation sites excluding steroid dienone is 2.